The number of benzene rings is 1. The van der Waals surface area contributed by atoms with Crippen LogP contribution in [0, 0.1) is 5.92 Å². The fraction of sp³-hybridized carbons (Fsp3) is 0.667. The van der Waals surface area contributed by atoms with Crippen LogP contribution in [0.25, 0.3) is 0 Å². The van der Waals surface area contributed by atoms with E-state index in [4.69, 9.17) is 5.73 Å². The van der Waals surface area contributed by atoms with Gasteiger partial charge < -0.3 is 20.8 Å². The van der Waals surface area contributed by atoms with E-state index in [0.29, 0.717) is 42.6 Å². The molecule has 1 aliphatic carbocycles. The van der Waals surface area contributed by atoms with E-state index in [1.807, 2.05) is 24.3 Å². The molecule has 170 valence electrons. The lowest BCUT2D eigenvalue weighted by atomic mass is 9.82. The van der Waals surface area contributed by atoms with E-state index < -0.39 is 12.7 Å². The molecule has 31 heavy (non-hydrogen) atoms. The van der Waals surface area contributed by atoms with Crippen LogP contribution in [0.4, 0.5) is 0 Å². The molecule has 2 heterocycles. The maximum atomic E-state index is 12.6. The first-order valence-corrected chi connectivity index (χ1v) is 11.7. The quantitative estimate of drug-likeness (QED) is 0.551. The molecular formula is C24H35N3O4. The summed E-state index contributed by atoms with van der Waals surface area (Å²) in [6.45, 7) is 1.52. The van der Waals surface area contributed by atoms with Gasteiger partial charge >= 0.3 is 0 Å². The first-order chi connectivity index (χ1) is 15.0. The average molecular weight is 430 g/mol. The van der Waals surface area contributed by atoms with E-state index in [0.717, 1.165) is 50.6 Å². The van der Waals surface area contributed by atoms with Crippen molar-refractivity contribution < 1.29 is 19.8 Å². The van der Waals surface area contributed by atoms with E-state index in [1.54, 1.807) is 4.90 Å². The fourth-order valence-corrected chi connectivity index (χ4v) is 5.77. The van der Waals surface area contributed by atoms with Crippen molar-refractivity contribution in [2.45, 2.75) is 69.1 Å². The molecule has 4 N–H and O–H groups in total. The van der Waals surface area contributed by atoms with E-state index in [1.165, 1.54) is 6.42 Å². The lowest BCUT2D eigenvalue weighted by molar-refractivity contribution is -0.143. The molecule has 4 atom stereocenters. The molecule has 0 radical (unpaired) electrons. The van der Waals surface area contributed by atoms with Gasteiger partial charge in [-0.1, -0.05) is 24.6 Å². The van der Waals surface area contributed by atoms with Gasteiger partial charge in [-0.25, -0.2) is 0 Å². The number of aliphatic hydroxyl groups is 2. The number of carbonyl (C=O) groups excluding carboxylic acids is 2. The molecule has 0 aromatic heterocycles. The number of fused-ring (bicyclic) bond motifs is 2. The number of hydrogen-bond donors (Lipinski definition) is 3. The molecular weight excluding hydrogens is 394 g/mol. The van der Waals surface area contributed by atoms with Crippen LogP contribution in [0.5, 0.6) is 0 Å². The molecule has 3 unspecified atom stereocenters. The first-order valence-electron chi connectivity index (χ1n) is 11.7. The van der Waals surface area contributed by atoms with Gasteiger partial charge in [-0.15, -0.1) is 0 Å². The summed E-state index contributed by atoms with van der Waals surface area (Å²) in [6, 6.07) is 8.58. The smallest absolute Gasteiger partial charge is 0.253 e. The molecule has 4 rings (SSSR count). The summed E-state index contributed by atoms with van der Waals surface area (Å²) in [4.78, 5) is 28.8. The molecule has 2 aliphatic heterocycles. The monoisotopic (exact) mass is 429 g/mol. The Hall–Kier alpha value is -1.96. The summed E-state index contributed by atoms with van der Waals surface area (Å²) in [7, 11) is 0. The molecule has 1 saturated carbocycles. The van der Waals surface area contributed by atoms with E-state index in [9.17, 15) is 19.8 Å². The Morgan fingerprint density at radius 1 is 1.13 bits per heavy atom. The Morgan fingerprint density at radius 2 is 1.81 bits per heavy atom. The SMILES string of the molecule is NC(=O)c1ccccc1C1CC2CC[C@@H](C1)N2CCN(CC1CCC1)C(=O)C(O)CO. The van der Waals surface area contributed by atoms with E-state index in [-0.39, 0.29) is 11.8 Å². The molecule has 2 bridgehead atoms. The van der Waals surface area contributed by atoms with Gasteiger partial charge in [0.25, 0.3) is 5.91 Å². The van der Waals surface area contributed by atoms with Crippen LogP contribution >= 0.6 is 0 Å². The van der Waals surface area contributed by atoms with E-state index >= 15 is 0 Å². The van der Waals surface area contributed by atoms with Crippen molar-refractivity contribution in [3.63, 3.8) is 0 Å². The molecule has 1 aromatic carbocycles. The van der Waals surface area contributed by atoms with E-state index in [2.05, 4.69) is 4.90 Å². The third kappa shape index (κ3) is 4.78. The highest BCUT2D eigenvalue weighted by molar-refractivity contribution is 5.94. The maximum absolute atomic E-state index is 12.6. The topological polar surface area (TPSA) is 107 Å². The molecule has 7 heteroatoms. The molecule has 2 saturated heterocycles. The van der Waals surface area contributed by atoms with Gasteiger partial charge in [0.05, 0.1) is 6.61 Å². The number of nitrogens with two attached hydrogens (primary N) is 1. The minimum Gasteiger partial charge on any atom is -0.393 e. The van der Waals surface area contributed by atoms with Gasteiger partial charge in [-0.05, 0) is 62.0 Å². The van der Waals surface area contributed by atoms with Crippen LogP contribution in [0.2, 0.25) is 0 Å². The van der Waals surface area contributed by atoms with Gasteiger partial charge in [-0.2, -0.15) is 0 Å². The van der Waals surface area contributed by atoms with Crippen LogP contribution < -0.4 is 5.73 Å². The highest BCUT2D eigenvalue weighted by Crippen LogP contribution is 2.43. The Bertz CT molecular complexity index is 783. The molecule has 3 fully saturated rings. The van der Waals surface area contributed by atoms with Gasteiger partial charge in [0.2, 0.25) is 5.91 Å². The summed E-state index contributed by atoms with van der Waals surface area (Å²) in [5.41, 5.74) is 7.31. The molecule has 1 aromatic rings. The zero-order valence-electron chi connectivity index (χ0n) is 18.2. The second-order valence-electron chi connectivity index (χ2n) is 9.52. The van der Waals surface area contributed by atoms with Crippen LogP contribution in [-0.4, -0.2) is 76.3 Å². The fourth-order valence-electron chi connectivity index (χ4n) is 5.77. The van der Waals surface area contributed by atoms with Crippen molar-refractivity contribution >= 4 is 11.8 Å². The van der Waals surface area contributed by atoms with Gasteiger partial charge in [-0.3, -0.25) is 14.5 Å². The van der Waals surface area contributed by atoms with Gasteiger partial charge in [0.1, 0.15) is 0 Å². The lowest BCUT2D eigenvalue weighted by Gasteiger charge is -2.41. The van der Waals surface area contributed by atoms with Crippen LogP contribution in [-0.2, 0) is 4.79 Å². The number of primary amides is 1. The summed E-state index contributed by atoms with van der Waals surface area (Å²) in [5.74, 6) is 0.133. The second-order valence-corrected chi connectivity index (χ2v) is 9.52. The molecule has 3 aliphatic rings. The number of piperidine rings is 1. The number of rotatable bonds is 9. The molecule has 7 nitrogen and oxygen atoms in total. The zero-order chi connectivity index (χ0) is 22.0. The molecule has 2 amide bonds. The average Bonchev–Trinajstić information content (AvgIpc) is 2.98. The standard InChI is InChI=1S/C24H35N3O4/c25-23(30)21-7-2-1-6-20(21)17-12-18-8-9-19(13-17)27(18)11-10-26(14-16-4-3-5-16)24(31)22(29)15-28/h1-2,6-7,16-19,22,28-29H,3-5,8-15H2,(H2,25,30)/t17?,18-,19?,22?/m0/s1. The Morgan fingerprint density at radius 3 is 2.39 bits per heavy atom. The highest BCUT2D eigenvalue weighted by Gasteiger charge is 2.42. The van der Waals surface area contributed by atoms with Crippen LogP contribution in [0.1, 0.15) is 66.8 Å². The Balaban J connectivity index is 1.40. The zero-order valence-corrected chi connectivity index (χ0v) is 18.2. The van der Waals surface area contributed by atoms with Gasteiger partial charge in [0.15, 0.2) is 6.10 Å². The van der Waals surface area contributed by atoms with Crippen molar-refractivity contribution in [2.75, 3.05) is 26.2 Å². The normalized spacial score (nSPS) is 27.0. The summed E-state index contributed by atoms with van der Waals surface area (Å²) in [5, 5.41) is 19.1. The van der Waals surface area contributed by atoms with Crippen molar-refractivity contribution in [2.24, 2.45) is 11.7 Å². The van der Waals surface area contributed by atoms with Gasteiger partial charge in [0, 0.05) is 37.3 Å². The van der Waals surface area contributed by atoms with Crippen molar-refractivity contribution in [1.29, 1.82) is 0 Å². The first kappa shape index (κ1) is 22.2. The minimum absolute atomic E-state index is 0.335. The maximum Gasteiger partial charge on any atom is 0.253 e. The number of nitrogens with zero attached hydrogens (tertiary/aromatic N) is 2. The van der Waals surface area contributed by atoms with Crippen LogP contribution in [0.3, 0.4) is 0 Å². The lowest BCUT2D eigenvalue weighted by Crippen LogP contribution is -2.50. The van der Waals surface area contributed by atoms with Crippen molar-refractivity contribution in [3.8, 4) is 0 Å². The largest absolute Gasteiger partial charge is 0.393 e. The summed E-state index contributed by atoms with van der Waals surface area (Å²) >= 11 is 0. The van der Waals surface area contributed by atoms with Crippen molar-refractivity contribution in [1.82, 2.24) is 9.80 Å². The Labute approximate surface area is 184 Å². The number of hydrogen-bond acceptors (Lipinski definition) is 5. The summed E-state index contributed by atoms with van der Waals surface area (Å²) < 4.78 is 0. The Kier molecular flexibility index (Phi) is 6.94. The highest BCUT2D eigenvalue weighted by atomic mass is 16.3. The summed E-state index contributed by atoms with van der Waals surface area (Å²) in [6.07, 6.45) is 6.41. The predicted octanol–water partition coefficient (Wildman–Crippen LogP) is 1.48. The number of aliphatic hydroxyl groups excluding tert-OH is 2. The second kappa shape index (κ2) is 9.67. The number of carbonyl (C=O) groups is 2. The van der Waals surface area contributed by atoms with Crippen LogP contribution in [0.15, 0.2) is 24.3 Å². The third-order valence-electron chi connectivity index (χ3n) is 7.65. The predicted molar refractivity (Wildman–Crippen MR) is 117 cm³/mol. The molecule has 0 spiro atoms. The minimum atomic E-state index is -1.33. The van der Waals surface area contributed by atoms with Crippen molar-refractivity contribution in [3.05, 3.63) is 35.4 Å². The number of amides is 2. The third-order valence-corrected chi connectivity index (χ3v) is 7.65.